The van der Waals surface area contributed by atoms with Crippen LogP contribution in [0, 0.1) is 13.7 Å². The monoisotopic (exact) mass is 346 g/mol. The van der Waals surface area contributed by atoms with Crippen molar-refractivity contribution in [3.63, 3.8) is 0 Å². The molecule has 0 aromatic heterocycles. The summed E-state index contributed by atoms with van der Waals surface area (Å²) in [5, 5.41) is 10.6. The lowest BCUT2D eigenvalue weighted by atomic mass is 10.1. The number of nitro benzene ring substituents is 1. The Morgan fingerprint density at radius 3 is 2.38 bits per heavy atom. The van der Waals surface area contributed by atoms with Crippen LogP contribution in [-0.2, 0) is 12.7 Å². The molecule has 0 atom stereocenters. The van der Waals surface area contributed by atoms with Crippen LogP contribution in [0.5, 0.6) is 0 Å². The topological polar surface area (TPSA) is 69.2 Å². The Morgan fingerprint density at radius 2 is 2.00 bits per heavy atom. The van der Waals surface area contributed by atoms with Gasteiger partial charge in [0.2, 0.25) is 0 Å². The van der Waals surface area contributed by atoms with Crippen molar-refractivity contribution in [3.05, 3.63) is 36.9 Å². The smallest absolute Gasteiger partial charge is 0.326 e. The van der Waals surface area contributed by atoms with Gasteiger partial charge in [-0.05, 0) is 34.2 Å². The summed E-state index contributed by atoms with van der Waals surface area (Å²) in [6.45, 7) is -0.178. The van der Waals surface area contributed by atoms with Crippen LogP contribution in [0.25, 0.3) is 0 Å². The molecule has 1 aromatic carbocycles. The highest BCUT2D eigenvalue weighted by atomic mass is 127. The minimum atomic E-state index is -4.61. The molecule has 0 fully saturated rings. The van der Waals surface area contributed by atoms with Crippen LogP contribution in [0.15, 0.2) is 12.1 Å². The molecule has 4 nitrogen and oxygen atoms in total. The average molecular weight is 346 g/mol. The van der Waals surface area contributed by atoms with Gasteiger partial charge in [0.05, 0.1) is 14.1 Å². The van der Waals surface area contributed by atoms with Crippen molar-refractivity contribution < 1.29 is 18.1 Å². The van der Waals surface area contributed by atoms with Gasteiger partial charge >= 0.3 is 6.18 Å². The second kappa shape index (κ2) is 4.53. The number of hydrogen-bond donors (Lipinski definition) is 1. The zero-order chi connectivity index (χ0) is 12.5. The molecule has 0 saturated carbocycles. The summed E-state index contributed by atoms with van der Waals surface area (Å²) in [5.74, 6) is 0. The summed E-state index contributed by atoms with van der Waals surface area (Å²) in [4.78, 5) is 9.71. The fourth-order valence-corrected chi connectivity index (χ4v) is 1.84. The average Bonchev–Trinajstić information content (AvgIpc) is 2.15. The molecule has 2 N–H and O–H groups in total. The van der Waals surface area contributed by atoms with Gasteiger partial charge in [0.1, 0.15) is 0 Å². The lowest BCUT2D eigenvalue weighted by molar-refractivity contribution is -0.386. The first-order valence-electron chi connectivity index (χ1n) is 4.01. The molecule has 0 spiro atoms. The van der Waals surface area contributed by atoms with Crippen molar-refractivity contribution >= 4 is 28.3 Å². The number of benzene rings is 1. The molecule has 0 heterocycles. The van der Waals surface area contributed by atoms with Crippen LogP contribution in [-0.4, -0.2) is 4.92 Å². The van der Waals surface area contributed by atoms with Gasteiger partial charge in [-0.1, -0.05) is 0 Å². The first-order valence-corrected chi connectivity index (χ1v) is 5.09. The molecule has 0 saturated heterocycles. The van der Waals surface area contributed by atoms with E-state index in [9.17, 15) is 23.3 Å². The molecule has 0 amide bonds. The van der Waals surface area contributed by atoms with Gasteiger partial charge in [0, 0.05) is 12.6 Å². The molecule has 0 aliphatic carbocycles. The first kappa shape index (κ1) is 13.2. The van der Waals surface area contributed by atoms with Gasteiger partial charge in [0.15, 0.2) is 0 Å². The van der Waals surface area contributed by atoms with Gasteiger partial charge in [0.25, 0.3) is 5.69 Å². The van der Waals surface area contributed by atoms with Gasteiger partial charge < -0.3 is 5.73 Å². The van der Waals surface area contributed by atoms with Crippen LogP contribution < -0.4 is 5.73 Å². The zero-order valence-corrected chi connectivity index (χ0v) is 9.87. The van der Waals surface area contributed by atoms with Crippen LogP contribution in [0.4, 0.5) is 18.9 Å². The number of nitrogens with zero attached hydrogens (tertiary/aromatic N) is 1. The summed E-state index contributed by atoms with van der Waals surface area (Å²) in [6.07, 6.45) is -4.61. The molecule has 88 valence electrons. The van der Waals surface area contributed by atoms with Crippen molar-refractivity contribution in [1.29, 1.82) is 0 Å². The Hall–Kier alpha value is -0.900. The van der Waals surface area contributed by atoms with Crippen LogP contribution in [0.1, 0.15) is 11.1 Å². The van der Waals surface area contributed by atoms with Gasteiger partial charge in [-0.3, -0.25) is 10.1 Å². The number of halogens is 4. The van der Waals surface area contributed by atoms with Crippen molar-refractivity contribution in [3.8, 4) is 0 Å². The standard InChI is InChI=1S/C8H6F3IN2O2/c9-8(10,11)5-1-4(3-13)7(12)6(2-5)14(15)16/h1-2H,3,13H2. The molecule has 0 radical (unpaired) electrons. The van der Waals surface area contributed by atoms with Crippen LogP contribution in [0.2, 0.25) is 0 Å². The lowest BCUT2D eigenvalue weighted by Crippen LogP contribution is -2.10. The molecule has 1 aromatic rings. The van der Waals surface area contributed by atoms with Gasteiger partial charge in [-0.2, -0.15) is 13.2 Å². The van der Waals surface area contributed by atoms with Crippen LogP contribution >= 0.6 is 22.6 Å². The predicted octanol–water partition coefficient (Wildman–Crippen LogP) is 2.68. The second-order valence-electron chi connectivity index (χ2n) is 2.93. The highest BCUT2D eigenvalue weighted by molar-refractivity contribution is 14.1. The third kappa shape index (κ3) is 2.61. The van der Waals surface area contributed by atoms with Crippen molar-refractivity contribution in [2.24, 2.45) is 5.73 Å². The maximum absolute atomic E-state index is 12.4. The summed E-state index contributed by atoms with van der Waals surface area (Å²) in [5.41, 5.74) is 3.72. The highest BCUT2D eigenvalue weighted by Crippen LogP contribution is 2.35. The number of hydrogen-bond acceptors (Lipinski definition) is 3. The SMILES string of the molecule is NCc1cc(C(F)(F)F)cc([N+](=O)[O-])c1I. The lowest BCUT2D eigenvalue weighted by Gasteiger charge is -2.10. The second-order valence-corrected chi connectivity index (χ2v) is 4.01. The van der Waals surface area contributed by atoms with E-state index < -0.39 is 22.4 Å². The van der Waals surface area contributed by atoms with Crippen molar-refractivity contribution in [1.82, 2.24) is 0 Å². The van der Waals surface area contributed by atoms with E-state index in [1.54, 1.807) is 22.6 Å². The number of nitro groups is 1. The Kier molecular flexibility index (Phi) is 3.73. The minimum Gasteiger partial charge on any atom is -0.326 e. The largest absolute Gasteiger partial charge is 0.416 e. The third-order valence-corrected chi connectivity index (χ3v) is 3.12. The summed E-state index contributed by atoms with van der Waals surface area (Å²) in [6, 6.07) is 1.34. The van der Waals surface area contributed by atoms with Gasteiger partial charge in [-0.25, -0.2) is 0 Å². The van der Waals surface area contributed by atoms with E-state index in [0.29, 0.717) is 6.07 Å². The summed E-state index contributed by atoms with van der Waals surface area (Å²) >= 11 is 1.61. The Balaban J connectivity index is 3.46. The van der Waals surface area contributed by atoms with E-state index in [2.05, 4.69) is 0 Å². The molecular formula is C8H6F3IN2O2. The van der Waals surface area contributed by atoms with E-state index in [4.69, 9.17) is 5.73 Å². The first-order chi connectivity index (χ1) is 7.27. The molecular weight excluding hydrogens is 340 g/mol. The van der Waals surface area contributed by atoms with E-state index in [1.807, 2.05) is 0 Å². The van der Waals surface area contributed by atoms with E-state index in [0.717, 1.165) is 6.07 Å². The molecule has 0 bridgehead atoms. The van der Waals surface area contributed by atoms with E-state index >= 15 is 0 Å². The molecule has 0 aliphatic heterocycles. The van der Waals surface area contributed by atoms with Crippen molar-refractivity contribution in [2.75, 3.05) is 0 Å². The predicted molar refractivity (Wildman–Crippen MR) is 58.7 cm³/mol. The quantitative estimate of drug-likeness (QED) is 0.509. The fraction of sp³-hybridized carbons (Fsp3) is 0.250. The maximum atomic E-state index is 12.4. The zero-order valence-electron chi connectivity index (χ0n) is 7.71. The number of rotatable bonds is 2. The Bertz CT molecular complexity index is 434. The van der Waals surface area contributed by atoms with E-state index in [1.165, 1.54) is 0 Å². The highest BCUT2D eigenvalue weighted by Gasteiger charge is 2.33. The Morgan fingerprint density at radius 1 is 1.44 bits per heavy atom. The van der Waals surface area contributed by atoms with Crippen LogP contribution in [0.3, 0.4) is 0 Å². The number of alkyl halides is 3. The third-order valence-electron chi connectivity index (χ3n) is 1.87. The minimum absolute atomic E-state index is 0.113. The number of nitrogens with two attached hydrogens (primary N) is 1. The molecule has 16 heavy (non-hydrogen) atoms. The van der Waals surface area contributed by atoms with Crippen molar-refractivity contribution in [2.45, 2.75) is 12.7 Å². The molecule has 8 heteroatoms. The van der Waals surface area contributed by atoms with E-state index in [-0.39, 0.29) is 15.7 Å². The summed E-state index contributed by atoms with van der Waals surface area (Å²) in [7, 11) is 0. The molecule has 1 rings (SSSR count). The molecule has 0 aliphatic rings. The molecule has 0 unspecified atom stereocenters. The van der Waals surface area contributed by atoms with Gasteiger partial charge in [-0.15, -0.1) is 0 Å². The Labute approximate surface area is 102 Å². The maximum Gasteiger partial charge on any atom is 0.416 e. The summed E-state index contributed by atoms with van der Waals surface area (Å²) < 4.78 is 37.4. The fourth-order valence-electron chi connectivity index (χ4n) is 1.11. The normalized spacial score (nSPS) is 11.6.